The topological polar surface area (TPSA) is 50.2 Å². The van der Waals surface area contributed by atoms with E-state index in [0.717, 1.165) is 31.0 Å². The molecule has 4 rings (SSSR count). The van der Waals surface area contributed by atoms with Gasteiger partial charge in [-0.2, -0.15) is 0 Å². The normalized spacial score (nSPS) is 18.2. The molecule has 0 bridgehead atoms. The van der Waals surface area contributed by atoms with Gasteiger partial charge >= 0.3 is 0 Å². The number of carbonyl (C=O) groups excluding carboxylic acids is 1. The molecule has 1 atom stereocenters. The zero-order chi connectivity index (χ0) is 16.5. The van der Waals surface area contributed by atoms with E-state index in [9.17, 15) is 4.79 Å². The van der Waals surface area contributed by atoms with E-state index < -0.39 is 0 Å². The van der Waals surface area contributed by atoms with E-state index in [-0.39, 0.29) is 11.9 Å². The highest BCUT2D eigenvalue weighted by atomic mass is 32.1. The fourth-order valence-corrected chi connectivity index (χ4v) is 4.33. The van der Waals surface area contributed by atoms with Gasteiger partial charge in [-0.3, -0.25) is 4.79 Å². The standard InChI is InChI=1S/C18H20N4OS/c1-21-8-7-20-18(21)15-11-19-6-9-22(15)17(23)10-13-12-24-16-5-3-2-4-14(13)16/h2-5,7-8,12,15,19H,6,9-11H2,1H3. The van der Waals surface area contributed by atoms with Gasteiger partial charge in [-0.15, -0.1) is 11.3 Å². The van der Waals surface area contributed by atoms with E-state index in [1.165, 1.54) is 10.1 Å². The van der Waals surface area contributed by atoms with E-state index in [1.807, 2.05) is 34.8 Å². The van der Waals surface area contributed by atoms with Crippen LogP contribution in [0, 0.1) is 0 Å². The molecule has 1 unspecified atom stereocenters. The summed E-state index contributed by atoms with van der Waals surface area (Å²) in [5.74, 6) is 1.11. The Bertz CT molecular complexity index is 869. The van der Waals surface area contributed by atoms with Crippen LogP contribution in [-0.4, -0.2) is 40.0 Å². The van der Waals surface area contributed by atoms with Crippen LogP contribution in [0.1, 0.15) is 17.4 Å². The SMILES string of the molecule is Cn1ccnc1C1CNCCN1C(=O)Cc1csc2ccccc12. The van der Waals surface area contributed by atoms with Gasteiger partial charge < -0.3 is 14.8 Å². The van der Waals surface area contributed by atoms with Gasteiger partial charge in [0.15, 0.2) is 0 Å². The molecule has 3 heterocycles. The zero-order valence-electron chi connectivity index (χ0n) is 13.6. The number of rotatable bonds is 3. The molecule has 124 valence electrons. The maximum absolute atomic E-state index is 13.0. The summed E-state index contributed by atoms with van der Waals surface area (Å²) in [4.78, 5) is 19.4. The second-order valence-corrected chi connectivity index (χ2v) is 7.05. The Morgan fingerprint density at radius 1 is 1.42 bits per heavy atom. The van der Waals surface area contributed by atoms with E-state index in [1.54, 1.807) is 17.5 Å². The molecule has 1 fully saturated rings. The lowest BCUT2D eigenvalue weighted by Crippen LogP contribution is -2.49. The summed E-state index contributed by atoms with van der Waals surface area (Å²) in [6.07, 6.45) is 4.17. The number of benzene rings is 1. The number of aryl methyl sites for hydroxylation is 1. The average Bonchev–Trinajstić information content (AvgIpc) is 3.21. The largest absolute Gasteiger partial charge is 0.336 e. The minimum absolute atomic E-state index is 0.00356. The third-order valence-corrected chi connectivity index (χ3v) is 5.64. The predicted molar refractivity (Wildman–Crippen MR) is 96.1 cm³/mol. The average molecular weight is 340 g/mol. The van der Waals surface area contributed by atoms with Crippen LogP contribution in [0.15, 0.2) is 42.0 Å². The van der Waals surface area contributed by atoms with Crippen molar-refractivity contribution in [3.63, 3.8) is 0 Å². The van der Waals surface area contributed by atoms with Crippen LogP contribution in [-0.2, 0) is 18.3 Å². The molecule has 1 saturated heterocycles. The highest BCUT2D eigenvalue weighted by Crippen LogP contribution is 2.28. The summed E-state index contributed by atoms with van der Waals surface area (Å²) in [5, 5.41) is 6.68. The van der Waals surface area contributed by atoms with Crippen LogP contribution >= 0.6 is 11.3 Å². The van der Waals surface area contributed by atoms with Crippen molar-refractivity contribution in [2.75, 3.05) is 19.6 Å². The second kappa shape index (κ2) is 6.37. The maximum Gasteiger partial charge on any atom is 0.227 e. The molecule has 0 saturated carbocycles. The van der Waals surface area contributed by atoms with Crippen molar-refractivity contribution in [3.8, 4) is 0 Å². The lowest BCUT2D eigenvalue weighted by Gasteiger charge is -2.35. The molecular formula is C18H20N4OS. The Balaban J connectivity index is 1.59. The Kier molecular flexibility index (Phi) is 4.08. The summed E-state index contributed by atoms with van der Waals surface area (Å²) in [5.41, 5.74) is 1.12. The Hall–Kier alpha value is -2.18. The van der Waals surface area contributed by atoms with Gasteiger partial charge in [0.05, 0.1) is 6.42 Å². The minimum Gasteiger partial charge on any atom is -0.336 e. The van der Waals surface area contributed by atoms with E-state index >= 15 is 0 Å². The van der Waals surface area contributed by atoms with Gasteiger partial charge in [0.2, 0.25) is 5.91 Å². The molecule has 5 nitrogen and oxygen atoms in total. The highest BCUT2D eigenvalue weighted by Gasteiger charge is 2.30. The molecule has 1 amide bonds. The maximum atomic E-state index is 13.0. The van der Waals surface area contributed by atoms with Gasteiger partial charge in [0.25, 0.3) is 0 Å². The first-order chi connectivity index (χ1) is 11.7. The number of fused-ring (bicyclic) bond motifs is 1. The molecule has 1 aliphatic heterocycles. The third-order valence-electron chi connectivity index (χ3n) is 4.62. The number of amides is 1. The van der Waals surface area contributed by atoms with E-state index in [2.05, 4.69) is 27.8 Å². The van der Waals surface area contributed by atoms with Gasteiger partial charge in [0, 0.05) is 43.8 Å². The van der Waals surface area contributed by atoms with Crippen molar-refractivity contribution in [2.45, 2.75) is 12.5 Å². The number of nitrogens with zero attached hydrogens (tertiary/aromatic N) is 3. The van der Waals surface area contributed by atoms with Crippen LogP contribution in [0.25, 0.3) is 10.1 Å². The predicted octanol–water partition coefficient (Wildman–Crippen LogP) is 2.35. The summed E-state index contributed by atoms with van der Waals surface area (Å²) in [6, 6.07) is 8.27. The molecule has 1 aromatic carbocycles. The van der Waals surface area contributed by atoms with Crippen LogP contribution in [0.2, 0.25) is 0 Å². The first kappa shape index (κ1) is 15.4. The Morgan fingerprint density at radius 3 is 3.12 bits per heavy atom. The summed E-state index contributed by atoms with van der Waals surface area (Å²) in [6.45, 7) is 2.30. The zero-order valence-corrected chi connectivity index (χ0v) is 14.4. The number of hydrogen-bond donors (Lipinski definition) is 1. The number of piperazine rings is 1. The fraction of sp³-hybridized carbons (Fsp3) is 0.333. The van der Waals surface area contributed by atoms with Crippen LogP contribution < -0.4 is 5.32 Å². The van der Waals surface area contributed by atoms with E-state index in [4.69, 9.17) is 0 Å². The first-order valence-corrected chi connectivity index (χ1v) is 9.04. The molecule has 3 aromatic rings. The first-order valence-electron chi connectivity index (χ1n) is 8.16. The highest BCUT2D eigenvalue weighted by molar-refractivity contribution is 7.17. The molecule has 0 radical (unpaired) electrons. The Labute approximate surface area is 144 Å². The van der Waals surface area contributed by atoms with Crippen LogP contribution in [0.5, 0.6) is 0 Å². The summed E-state index contributed by atoms with van der Waals surface area (Å²) < 4.78 is 3.24. The number of thiophene rings is 1. The Morgan fingerprint density at radius 2 is 2.29 bits per heavy atom. The number of carbonyl (C=O) groups is 1. The molecule has 6 heteroatoms. The monoisotopic (exact) mass is 340 g/mol. The molecule has 24 heavy (non-hydrogen) atoms. The van der Waals surface area contributed by atoms with Crippen molar-refractivity contribution in [1.82, 2.24) is 19.8 Å². The van der Waals surface area contributed by atoms with Crippen LogP contribution in [0.3, 0.4) is 0 Å². The van der Waals surface area contributed by atoms with Crippen molar-refractivity contribution in [3.05, 3.63) is 53.4 Å². The number of imidazole rings is 1. The van der Waals surface area contributed by atoms with Gasteiger partial charge in [-0.05, 0) is 22.4 Å². The molecule has 0 aliphatic carbocycles. The van der Waals surface area contributed by atoms with Gasteiger partial charge in [-0.25, -0.2) is 4.98 Å². The summed E-state index contributed by atoms with van der Waals surface area (Å²) >= 11 is 1.70. The molecular weight excluding hydrogens is 320 g/mol. The molecule has 1 aliphatic rings. The molecule has 0 spiro atoms. The number of aromatic nitrogens is 2. The van der Waals surface area contributed by atoms with E-state index in [0.29, 0.717) is 6.42 Å². The third kappa shape index (κ3) is 2.72. The quantitative estimate of drug-likeness (QED) is 0.796. The van der Waals surface area contributed by atoms with Crippen molar-refractivity contribution >= 4 is 27.3 Å². The smallest absolute Gasteiger partial charge is 0.227 e. The number of nitrogens with one attached hydrogen (secondary N) is 1. The lowest BCUT2D eigenvalue weighted by molar-refractivity contribution is -0.134. The molecule has 1 N–H and O–H groups in total. The van der Waals surface area contributed by atoms with Crippen molar-refractivity contribution < 1.29 is 4.79 Å². The second-order valence-electron chi connectivity index (χ2n) is 6.14. The number of hydrogen-bond acceptors (Lipinski definition) is 4. The molecule has 2 aromatic heterocycles. The van der Waals surface area contributed by atoms with Crippen molar-refractivity contribution in [2.24, 2.45) is 7.05 Å². The fourth-order valence-electron chi connectivity index (χ4n) is 3.37. The van der Waals surface area contributed by atoms with Crippen molar-refractivity contribution in [1.29, 1.82) is 0 Å². The lowest BCUT2D eigenvalue weighted by atomic mass is 10.1. The van der Waals surface area contributed by atoms with Gasteiger partial charge in [-0.1, -0.05) is 18.2 Å². The van der Waals surface area contributed by atoms with Crippen LogP contribution in [0.4, 0.5) is 0 Å². The minimum atomic E-state index is -0.00356. The summed E-state index contributed by atoms with van der Waals surface area (Å²) in [7, 11) is 1.98. The van der Waals surface area contributed by atoms with Gasteiger partial charge in [0.1, 0.15) is 11.9 Å².